The van der Waals surface area contributed by atoms with Crippen molar-refractivity contribution >= 4 is 36.1 Å². The van der Waals surface area contributed by atoms with Crippen LogP contribution >= 0.6 is 0 Å². The largest absolute Gasteiger partial charge is 0.506 e. The molecule has 184 valence electrons. The minimum absolute atomic E-state index is 0.0106. The molecule has 0 spiro atoms. The number of carbonyl (C=O) groups excluding carboxylic acids is 1. The summed E-state index contributed by atoms with van der Waals surface area (Å²) in [7, 11) is -1.30. The van der Waals surface area contributed by atoms with E-state index in [0.717, 1.165) is 6.04 Å². The van der Waals surface area contributed by atoms with Gasteiger partial charge in [0.25, 0.3) is 0 Å². The van der Waals surface area contributed by atoms with Gasteiger partial charge in [-0.2, -0.15) is 0 Å². The molecule has 0 amide bonds. The lowest BCUT2D eigenvalue weighted by molar-refractivity contribution is 0.0871. The van der Waals surface area contributed by atoms with Crippen LogP contribution in [0.15, 0.2) is 41.5 Å². The zero-order valence-corrected chi connectivity index (χ0v) is 21.1. The molecule has 0 saturated heterocycles. The number of hydrogen-bond donors (Lipinski definition) is 2. The molecule has 0 aliphatic heterocycles. The molecule has 4 aromatic heterocycles. The van der Waals surface area contributed by atoms with Crippen molar-refractivity contribution in [1.29, 1.82) is 0 Å². The van der Waals surface area contributed by atoms with E-state index >= 15 is 0 Å². The van der Waals surface area contributed by atoms with E-state index in [4.69, 9.17) is 9.84 Å². The maximum Gasteiger partial charge on any atom is 0.338 e. The molecule has 2 N–H and O–H groups in total. The van der Waals surface area contributed by atoms with Gasteiger partial charge < -0.3 is 14.9 Å². The van der Waals surface area contributed by atoms with Gasteiger partial charge in [-0.15, -0.1) is 0 Å². The summed E-state index contributed by atoms with van der Waals surface area (Å²) < 4.78 is 8.43. The van der Waals surface area contributed by atoms with E-state index < -0.39 is 13.8 Å². The molecule has 0 aromatic carbocycles. The van der Waals surface area contributed by atoms with E-state index in [-0.39, 0.29) is 48.3 Å². The van der Waals surface area contributed by atoms with Crippen LogP contribution in [0, 0.1) is 0 Å². The van der Waals surface area contributed by atoms with Crippen LogP contribution in [0.5, 0.6) is 5.75 Å². The second-order valence-corrected chi connectivity index (χ2v) is 15.2. The van der Waals surface area contributed by atoms with E-state index in [2.05, 4.69) is 34.6 Å². The molecule has 4 rings (SSSR count). The minimum atomic E-state index is -1.30. The van der Waals surface area contributed by atoms with Crippen LogP contribution in [-0.2, 0) is 11.5 Å². The number of Topliss-reactive ketones (excluding diaryl/α,β-unsaturated/α-hetero) is 1. The Kier molecular flexibility index (Phi) is 7.10. The Balaban J connectivity index is 1.81. The van der Waals surface area contributed by atoms with Crippen molar-refractivity contribution in [2.24, 2.45) is 0 Å². The number of fused-ring (bicyclic) bond motifs is 2. The normalized spacial score (nSPS) is 12.0. The summed E-state index contributed by atoms with van der Waals surface area (Å²) in [6, 6.07) is 7.22. The van der Waals surface area contributed by atoms with Crippen LogP contribution in [0.4, 0.5) is 0 Å². The number of rotatable bonds is 10. The lowest BCUT2D eigenvalue weighted by atomic mass is 10.1. The number of imidazole rings is 1. The highest BCUT2D eigenvalue weighted by Crippen LogP contribution is 2.26. The molecule has 0 atom stereocenters. The summed E-state index contributed by atoms with van der Waals surface area (Å²) in [5.41, 5.74) is 1.21. The average molecular weight is 496 g/mol. The van der Waals surface area contributed by atoms with Crippen LogP contribution < -0.4 is 5.69 Å². The van der Waals surface area contributed by atoms with Gasteiger partial charge in [0.1, 0.15) is 29.3 Å². The van der Waals surface area contributed by atoms with Crippen LogP contribution in [0.3, 0.4) is 0 Å². The van der Waals surface area contributed by atoms with Gasteiger partial charge in [0.05, 0.1) is 5.52 Å². The Morgan fingerprint density at radius 2 is 1.89 bits per heavy atom. The Morgan fingerprint density at radius 3 is 2.63 bits per heavy atom. The number of aliphatic hydroxyl groups is 1. The zero-order chi connectivity index (χ0) is 25.2. The smallest absolute Gasteiger partial charge is 0.338 e. The summed E-state index contributed by atoms with van der Waals surface area (Å²) >= 11 is 0. The number of pyridine rings is 3. The predicted molar refractivity (Wildman–Crippen MR) is 135 cm³/mol. The maximum absolute atomic E-state index is 13.5. The van der Waals surface area contributed by atoms with Crippen LogP contribution in [0.2, 0.25) is 25.7 Å². The number of ketones is 1. The molecule has 0 unspecified atom stereocenters. The third-order valence-electron chi connectivity index (χ3n) is 5.66. The minimum Gasteiger partial charge on any atom is -0.506 e. The third kappa shape index (κ3) is 5.16. The van der Waals surface area contributed by atoms with Crippen molar-refractivity contribution in [3.63, 3.8) is 0 Å². The summed E-state index contributed by atoms with van der Waals surface area (Å²) in [5.74, 6) is -0.0766. The first-order chi connectivity index (χ1) is 16.7. The summed E-state index contributed by atoms with van der Waals surface area (Å²) in [6.07, 6.45) is 3.46. The SMILES string of the molecule is C[Si](C)(C)CCOCn1c(=O)n(-c2ccc3nccc(C(=O)CCCO)c3n2)c2c(O)ccnc21. The number of ether oxygens (including phenoxy) is 1. The first kappa shape index (κ1) is 24.7. The first-order valence-electron chi connectivity index (χ1n) is 11.5. The second-order valence-electron chi connectivity index (χ2n) is 9.54. The Morgan fingerprint density at radius 1 is 1.11 bits per heavy atom. The molecule has 0 aliphatic carbocycles. The molecule has 10 nitrogen and oxygen atoms in total. The molecule has 0 fully saturated rings. The van der Waals surface area contributed by atoms with Crippen molar-refractivity contribution in [3.05, 3.63) is 52.7 Å². The molecule has 4 heterocycles. The number of aliphatic hydroxyl groups excluding tert-OH is 1. The van der Waals surface area contributed by atoms with E-state index in [9.17, 15) is 14.7 Å². The standard InChI is InChI=1S/C24H29N5O5Si/c1-35(2,3)14-13-34-15-28-23-22(19(32)9-11-26-23)29(24(28)33)20-7-6-17-21(27-20)16(8-10-25-17)18(31)5-4-12-30/h6-11,30H,4-5,12-15H2,1-3H3,(H,26,32). The Bertz CT molecular complexity index is 1440. The van der Waals surface area contributed by atoms with Gasteiger partial charge in [-0.25, -0.2) is 19.3 Å². The number of aromatic hydroxyl groups is 1. The Labute approximate surface area is 202 Å². The van der Waals surface area contributed by atoms with E-state index in [1.807, 2.05) is 0 Å². The maximum atomic E-state index is 13.5. The lowest BCUT2D eigenvalue weighted by Crippen LogP contribution is -2.26. The van der Waals surface area contributed by atoms with Crippen molar-refractivity contribution in [2.75, 3.05) is 13.2 Å². The highest BCUT2D eigenvalue weighted by molar-refractivity contribution is 6.76. The fourth-order valence-electron chi connectivity index (χ4n) is 3.75. The number of nitrogens with zero attached hydrogens (tertiary/aromatic N) is 5. The fraction of sp³-hybridized carbons (Fsp3) is 0.375. The van der Waals surface area contributed by atoms with Crippen LogP contribution in [0.25, 0.3) is 28.0 Å². The van der Waals surface area contributed by atoms with Gasteiger partial charge in [0, 0.05) is 51.7 Å². The second kappa shape index (κ2) is 10.1. The fourth-order valence-corrected chi connectivity index (χ4v) is 4.51. The summed E-state index contributed by atoms with van der Waals surface area (Å²) in [6.45, 7) is 7.16. The molecule has 0 radical (unpaired) electrons. The molecule has 4 aromatic rings. The molecule has 0 bridgehead atoms. The van der Waals surface area contributed by atoms with E-state index in [1.165, 1.54) is 27.6 Å². The lowest BCUT2D eigenvalue weighted by Gasteiger charge is -2.15. The number of carbonyl (C=O) groups is 1. The van der Waals surface area contributed by atoms with E-state index in [0.29, 0.717) is 29.6 Å². The van der Waals surface area contributed by atoms with Crippen molar-refractivity contribution in [1.82, 2.24) is 24.1 Å². The predicted octanol–water partition coefficient (Wildman–Crippen LogP) is 3.10. The van der Waals surface area contributed by atoms with Crippen LogP contribution in [-0.4, -0.2) is 61.4 Å². The topological polar surface area (TPSA) is 132 Å². The average Bonchev–Trinajstić information content (AvgIpc) is 3.11. The zero-order valence-electron chi connectivity index (χ0n) is 20.1. The van der Waals surface area contributed by atoms with E-state index in [1.54, 1.807) is 18.2 Å². The molecular formula is C24H29N5O5Si. The summed E-state index contributed by atoms with van der Waals surface area (Å²) in [4.78, 5) is 39.4. The van der Waals surface area contributed by atoms with Crippen molar-refractivity contribution in [2.45, 2.75) is 45.3 Å². The monoisotopic (exact) mass is 495 g/mol. The van der Waals surface area contributed by atoms with Gasteiger partial charge in [-0.05, 0) is 30.7 Å². The van der Waals surface area contributed by atoms with Crippen molar-refractivity contribution in [3.8, 4) is 11.6 Å². The van der Waals surface area contributed by atoms with Gasteiger partial charge in [-0.1, -0.05) is 19.6 Å². The van der Waals surface area contributed by atoms with Gasteiger partial charge in [-0.3, -0.25) is 14.3 Å². The third-order valence-corrected chi connectivity index (χ3v) is 7.37. The highest BCUT2D eigenvalue weighted by Gasteiger charge is 2.21. The van der Waals surface area contributed by atoms with Crippen molar-refractivity contribution < 1.29 is 19.7 Å². The van der Waals surface area contributed by atoms with Gasteiger partial charge in [0.2, 0.25) is 0 Å². The molecule has 35 heavy (non-hydrogen) atoms. The Hall–Kier alpha value is -3.41. The van der Waals surface area contributed by atoms with Gasteiger partial charge in [0.15, 0.2) is 11.4 Å². The van der Waals surface area contributed by atoms with Gasteiger partial charge >= 0.3 is 5.69 Å². The first-order valence-corrected chi connectivity index (χ1v) is 15.2. The molecule has 11 heteroatoms. The summed E-state index contributed by atoms with van der Waals surface area (Å²) in [5, 5.41) is 19.7. The van der Waals surface area contributed by atoms with Crippen LogP contribution in [0.1, 0.15) is 23.2 Å². The molecule has 0 aliphatic rings. The highest BCUT2D eigenvalue weighted by atomic mass is 28.3. The number of aromatic nitrogens is 5. The quantitative estimate of drug-likeness (QED) is 0.195. The molecular weight excluding hydrogens is 466 g/mol. The molecule has 0 saturated carbocycles. The number of hydrogen-bond acceptors (Lipinski definition) is 8.